The van der Waals surface area contributed by atoms with Crippen LogP contribution in [-0.2, 0) is 13.0 Å². The molecule has 2 aromatic heterocycles. The number of nitrogens with zero attached hydrogens (tertiary/aromatic N) is 3. The topological polar surface area (TPSA) is 30.7 Å². The predicted molar refractivity (Wildman–Crippen MR) is 59.8 cm³/mol. The van der Waals surface area contributed by atoms with E-state index in [1.54, 1.807) is 6.20 Å². The minimum atomic E-state index is 0.549. The van der Waals surface area contributed by atoms with Crippen LogP contribution in [0, 0.1) is 0 Å². The van der Waals surface area contributed by atoms with Crippen LogP contribution in [0.5, 0.6) is 0 Å². The first-order chi connectivity index (χ1) is 7.34. The first-order valence-corrected chi connectivity index (χ1v) is 5.28. The van der Waals surface area contributed by atoms with Gasteiger partial charge in [0.1, 0.15) is 5.15 Å². The van der Waals surface area contributed by atoms with Crippen molar-refractivity contribution in [2.75, 3.05) is 0 Å². The van der Waals surface area contributed by atoms with Gasteiger partial charge in [-0.15, -0.1) is 0 Å². The highest BCUT2D eigenvalue weighted by atomic mass is 35.5. The molecular weight excluding hydrogens is 210 g/mol. The molecule has 0 fully saturated rings. The monoisotopic (exact) mass is 221 g/mol. The molecule has 0 unspecified atom stereocenters. The standard InChI is InChI=1S/C11H12ClN3/c12-11-4-3-10(8-14-11)2-1-6-15-7-5-13-9-15/h3-5,7-9H,1-2,6H2. The van der Waals surface area contributed by atoms with Crippen molar-refractivity contribution in [1.82, 2.24) is 14.5 Å². The van der Waals surface area contributed by atoms with Gasteiger partial charge >= 0.3 is 0 Å². The molecular formula is C11H12ClN3. The van der Waals surface area contributed by atoms with E-state index in [1.807, 2.05) is 30.9 Å². The van der Waals surface area contributed by atoms with Crippen LogP contribution in [0.1, 0.15) is 12.0 Å². The molecule has 0 spiro atoms. The van der Waals surface area contributed by atoms with Gasteiger partial charge in [0.25, 0.3) is 0 Å². The Labute approximate surface area is 93.7 Å². The van der Waals surface area contributed by atoms with E-state index in [2.05, 4.69) is 14.5 Å². The maximum absolute atomic E-state index is 5.70. The molecule has 0 N–H and O–H groups in total. The molecule has 0 aliphatic carbocycles. The summed E-state index contributed by atoms with van der Waals surface area (Å²) >= 11 is 5.70. The second-order valence-electron chi connectivity index (χ2n) is 3.39. The zero-order chi connectivity index (χ0) is 10.5. The molecule has 0 amide bonds. The van der Waals surface area contributed by atoms with Crippen molar-refractivity contribution in [3.8, 4) is 0 Å². The lowest BCUT2D eigenvalue weighted by atomic mass is 10.1. The maximum atomic E-state index is 5.70. The molecule has 15 heavy (non-hydrogen) atoms. The smallest absolute Gasteiger partial charge is 0.129 e. The van der Waals surface area contributed by atoms with Crippen LogP contribution in [-0.4, -0.2) is 14.5 Å². The fraction of sp³-hybridized carbons (Fsp3) is 0.273. The molecule has 78 valence electrons. The average Bonchev–Trinajstić information content (AvgIpc) is 2.74. The summed E-state index contributed by atoms with van der Waals surface area (Å²) in [6.45, 7) is 0.989. The van der Waals surface area contributed by atoms with Crippen molar-refractivity contribution in [2.45, 2.75) is 19.4 Å². The molecule has 2 heterocycles. The number of hydrogen-bond donors (Lipinski definition) is 0. The summed E-state index contributed by atoms with van der Waals surface area (Å²) < 4.78 is 2.07. The number of imidazole rings is 1. The predicted octanol–water partition coefficient (Wildman–Crippen LogP) is 2.56. The van der Waals surface area contributed by atoms with Gasteiger partial charge in [-0.2, -0.15) is 0 Å². The van der Waals surface area contributed by atoms with Crippen molar-refractivity contribution in [3.05, 3.63) is 47.8 Å². The Morgan fingerprint density at radius 3 is 2.93 bits per heavy atom. The van der Waals surface area contributed by atoms with Gasteiger partial charge in [0.15, 0.2) is 0 Å². The highest BCUT2D eigenvalue weighted by Crippen LogP contribution is 2.07. The van der Waals surface area contributed by atoms with Crippen molar-refractivity contribution in [3.63, 3.8) is 0 Å². The van der Waals surface area contributed by atoms with E-state index in [4.69, 9.17) is 11.6 Å². The average molecular weight is 222 g/mol. The molecule has 4 heteroatoms. The Morgan fingerprint density at radius 2 is 2.27 bits per heavy atom. The molecule has 0 aliphatic rings. The number of aryl methyl sites for hydroxylation is 2. The lowest BCUT2D eigenvalue weighted by Gasteiger charge is -2.02. The molecule has 0 atom stereocenters. The van der Waals surface area contributed by atoms with Gasteiger partial charge < -0.3 is 4.57 Å². The lowest BCUT2D eigenvalue weighted by molar-refractivity contribution is 0.641. The van der Waals surface area contributed by atoms with E-state index in [9.17, 15) is 0 Å². The normalized spacial score (nSPS) is 10.5. The van der Waals surface area contributed by atoms with Gasteiger partial charge in [0.2, 0.25) is 0 Å². The summed E-state index contributed by atoms with van der Waals surface area (Å²) in [4.78, 5) is 8.03. The number of aromatic nitrogens is 3. The highest BCUT2D eigenvalue weighted by Gasteiger charge is 1.95. The zero-order valence-electron chi connectivity index (χ0n) is 8.31. The van der Waals surface area contributed by atoms with E-state index >= 15 is 0 Å². The highest BCUT2D eigenvalue weighted by molar-refractivity contribution is 6.29. The van der Waals surface area contributed by atoms with Crippen molar-refractivity contribution in [2.24, 2.45) is 0 Å². The van der Waals surface area contributed by atoms with Gasteiger partial charge in [0.05, 0.1) is 6.33 Å². The largest absolute Gasteiger partial charge is 0.337 e. The minimum Gasteiger partial charge on any atom is -0.337 e. The number of halogens is 1. The van der Waals surface area contributed by atoms with Crippen LogP contribution >= 0.6 is 11.6 Å². The van der Waals surface area contributed by atoms with Crippen molar-refractivity contribution in [1.29, 1.82) is 0 Å². The molecule has 0 bridgehead atoms. The molecule has 0 aromatic carbocycles. The third-order valence-corrected chi connectivity index (χ3v) is 2.45. The summed E-state index contributed by atoms with van der Waals surface area (Å²) in [5.41, 5.74) is 1.22. The molecule has 0 aliphatic heterocycles. The Morgan fingerprint density at radius 1 is 1.33 bits per heavy atom. The number of rotatable bonds is 4. The fourth-order valence-electron chi connectivity index (χ4n) is 1.44. The SMILES string of the molecule is Clc1ccc(CCCn2ccnc2)cn1. The summed E-state index contributed by atoms with van der Waals surface area (Å²) in [6, 6.07) is 3.84. The third kappa shape index (κ3) is 3.06. The zero-order valence-corrected chi connectivity index (χ0v) is 9.06. The summed E-state index contributed by atoms with van der Waals surface area (Å²) in [6.07, 6.45) is 9.53. The Bertz CT molecular complexity index is 394. The second kappa shape index (κ2) is 4.94. The van der Waals surface area contributed by atoms with Crippen LogP contribution in [0.4, 0.5) is 0 Å². The molecule has 0 saturated heterocycles. The number of hydrogen-bond acceptors (Lipinski definition) is 2. The fourth-order valence-corrected chi connectivity index (χ4v) is 1.55. The van der Waals surface area contributed by atoms with Crippen LogP contribution < -0.4 is 0 Å². The quantitative estimate of drug-likeness (QED) is 0.743. The lowest BCUT2D eigenvalue weighted by Crippen LogP contribution is -1.96. The molecule has 0 radical (unpaired) electrons. The van der Waals surface area contributed by atoms with Crippen LogP contribution in [0.25, 0.3) is 0 Å². The van der Waals surface area contributed by atoms with Crippen LogP contribution in [0.3, 0.4) is 0 Å². The van der Waals surface area contributed by atoms with Crippen molar-refractivity contribution < 1.29 is 0 Å². The van der Waals surface area contributed by atoms with E-state index in [-0.39, 0.29) is 0 Å². The Kier molecular flexibility index (Phi) is 3.35. The van der Waals surface area contributed by atoms with Gasteiger partial charge in [-0.05, 0) is 24.5 Å². The van der Waals surface area contributed by atoms with E-state index in [0.29, 0.717) is 5.15 Å². The molecule has 3 nitrogen and oxygen atoms in total. The third-order valence-electron chi connectivity index (χ3n) is 2.23. The van der Waals surface area contributed by atoms with E-state index in [1.165, 1.54) is 5.56 Å². The summed E-state index contributed by atoms with van der Waals surface area (Å²) in [7, 11) is 0. The van der Waals surface area contributed by atoms with Gasteiger partial charge in [0, 0.05) is 25.1 Å². The molecule has 2 rings (SSSR count). The minimum absolute atomic E-state index is 0.549. The number of pyridine rings is 1. The summed E-state index contributed by atoms with van der Waals surface area (Å²) in [5, 5.41) is 0.549. The van der Waals surface area contributed by atoms with Gasteiger partial charge in [-0.3, -0.25) is 0 Å². The Hall–Kier alpha value is -1.35. The Balaban J connectivity index is 1.81. The van der Waals surface area contributed by atoms with Gasteiger partial charge in [-0.1, -0.05) is 17.7 Å². The van der Waals surface area contributed by atoms with Crippen LogP contribution in [0.2, 0.25) is 5.15 Å². The van der Waals surface area contributed by atoms with Gasteiger partial charge in [-0.25, -0.2) is 9.97 Å². The van der Waals surface area contributed by atoms with Crippen molar-refractivity contribution >= 4 is 11.6 Å². The second-order valence-corrected chi connectivity index (χ2v) is 3.78. The molecule has 0 saturated carbocycles. The van der Waals surface area contributed by atoms with E-state index < -0.39 is 0 Å². The first-order valence-electron chi connectivity index (χ1n) is 4.91. The first kappa shape index (κ1) is 10.2. The van der Waals surface area contributed by atoms with E-state index in [0.717, 1.165) is 19.4 Å². The maximum Gasteiger partial charge on any atom is 0.129 e. The molecule has 2 aromatic rings. The van der Waals surface area contributed by atoms with Crippen LogP contribution in [0.15, 0.2) is 37.1 Å². The summed E-state index contributed by atoms with van der Waals surface area (Å²) in [5.74, 6) is 0.